The molecule has 4 rings (SSSR count). The van der Waals surface area contributed by atoms with Gasteiger partial charge in [-0.25, -0.2) is 0 Å². The van der Waals surface area contributed by atoms with Crippen LogP contribution in [0.3, 0.4) is 0 Å². The summed E-state index contributed by atoms with van der Waals surface area (Å²) in [5.41, 5.74) is 3.93. The molecule has 1 aromatic rings. The number of fused-ring (bicyclic) bond motifs is 4. The van der Waals surface area contributed by atoms with Crippen LogP contribution in [0.4, 0.5) is 0 Å². The van der Waals surface area contributed by atoms with E-state index in [0.29, 0.717) is 17.6 Å². The van der Waals surface area contributed by atoms with E-state index in [4.69, 9.17) is 0 Å². The molecular weight excluding hydrogens is 256 g/mol. The number of ketones is 1. The van der Waals surface area contributed by atoms with E-state index in [9.17, 15) is 4.79 Å². The van der Waals surface area contributed by atoms with E-state index in [0.717, 1.165) is 30.7 Å². The third-order valence-corrected chi connectivity index (χ3v) is 5.83. The second-order valence-corrected chi connectivity index (χ2v) is 7.88. The lowest BCUT2D eigenvalue weighted by molar-refractivity contribution is 0.0847. The average molecular weight is 280 g/mol. The Labute approximate surface area is 127 Å². The maximum absolute atomic E-state index is 12.9. The monoisotopic (exact) mass is 280 g/mol. The largest absolute Gasteiger partial charge is 0.294 e. The van der Waals surface area contributed by atoms with E-state index in [-0.39, 0.29) is 5.41 Å². The third kappa shape index (κ3) is 2.01. The van der Waals surface area contributed by atoms with Gasteiger partial charge in [-0.1, -0.05) is 44.2 Å². The quantitative estimate of drug-likeness (QED) is 0.724. The van der Waals surface area contributed by atoms with Gasteiger partial charge >= 0.3 is 0 Å². The molecule has 1 spiro atoms. The van der Waals surface area contributed by atoms with Crippen LogP contribution >= 0.6 is 0 Å². The van der Waals surface area contributed by atoms with Crippen molar-refractivity contribution in [2.45, 2.75) is 46.0 Å². The fourth-order valence-electron chi connectivity index (χ4n) is 5.08. The lowest BCUT2D eigenvalue weighted by Crippen LogP contribution is -2.36. The van der Waals surface area contributed by atoms with Crippen LogP contribution < -0.4 is 0 Å². The van der Waals surface area contributed by atoms with Crippen molar-refractivity contribution in [3.63, 3.8) is 0 Å². The van der Waals surface area contributed by atoms with Gasteiger partial charge in [0.15, 0.2) is 5.78 Å². The Morgan fingerprint density at radius 1 is 1.24 bits per heavy atom. The van der Waals surface area contributed by atoms with E-state index in [2.05, 4.69) is 44.2 Å². The van der Waals surface area contributed by atoms with Crippen LogP contribution in [0.2, 0.25) is 0 Å². The lowest BCUT2D eigenvalue weighted by Gasteiger charge is -2.40. The molecule has 3 unspecified atom stereocenters. The summed E-state index contributed by atoms with van der Waals surface area (Å²) in [6.45, 7) is 4.46. The number of rotatable bonds is 2. The number of carbonyl (C=O) groups excluding carboxylic acids is 1. The van der Waals surface area contributed by atoms with Crippen LogP contribution in [-0.2, 0) is 12.8 Å². The fraction of sp³-hybridized carbons (Fsp3) is 0.550. The highest BCUT2D eigenvalue weighted by molar-refractivity contribution is 6.00. The molecule has 1 aromatic carbocycles. The van der Waals surface area contributed by atoms with E-state index in [1.165, 1.54) is 24.0 Å². The predicted octanol–water partition coefficient (Wildman–Crippen LogP) is 4.60. The molecule has 21 heavy (non-hydrogen) atoms. The van der Waals surface area contributed by atoms with Gasteiger partial charge in [-0.2, -0.15) is 0 Å². The van der Waals surface area contributed by atoms with Crippen molar-refractivity contribution in [1.29, 1.82) is 0 Å². The van der Waals surface area contributed by atoms with Gasteiger partial charge < -0.3 is 0 Å². The van der Waals surface area contributed by atoms with Crippen LogP contribution in [0.1, 0.15) is 54.6 Å². The molecule has 0 aromatic heterocycles. The van der Waals surface area contributed by atoms with Crippen LogP contribution in [0.25, 0.3) is 0 Å². The molecule has 0 aliphatic heterocycles. The van der Waals surface area contributed by atoms with Gasteiger partial charge in [0.05, 0.1) is 0 Å². The molecule has 3 aliphatic carbocycles. The van der Waals surface area contributed by atoms with Gasteiger partial charge in [-0.15, -0.1) is 0 Å². The SMILES string of the molecule is CC(C)Cc1cccc2c1C(=O)CC1(C2)CC2C=CC1C2. The van der Waals surface area contributed by atoms with Gasteiger partial charge in [0.1, 0.15) is 0 Å². The predicted molar refractivity (Wildman–Crippen MR) is 85.4 cm³/mol. The summed E-state index contributed by atoms with van der Waals surface area (Å²) in [5.74, 6) is 2.40. The van der Waals surface area contributed by atoms with Crippen molar-refractivity contribution in [2.24, 2.45) is 23.2 Å². The zero-order valence-corrected chi connectivity index (χ0v) is 13.1. The van der Waals surface area contributed by atoms with Gasteiger partial charge in [0.25, 0.3) is 0 Å². The molecule has 1 heteroatoms. The molecule has 1 fully saturated rings. The molecule has 0 saturated heterocycles. The minimum Gasteiger partial charge on any atom is -0.294 e. The third-order valence-electron chi connectivity index (χ3n) is 5.83. The lowest BCUT2D eigenvalue weighted by atomic mass is 9.63. The van der Waals surface area contributed by atoms with Crippen molar-refractivity contribution in [2.75, 3.05) is 0 Å². The van der Waals surface area contributed by atoms with Crippen molar-refractivity contribution < 1.29 is 4.79 Å². The Morgan fingerprint density at radius 3 is 2.76 bits per heavy atom. The molecule has 3 atom stereocenters. The number of hydrogen-bond acceptors (Lipinski definition) is 1. The van der Waals surface area contributed by atoms with E-state index < -0.39 is 0 Å². The Balaban J connectivity index is 1.73. The standard InChI is InChI=1S/C20H24O/c1-13(2)8-15-4-3-5-16-11-20(12-18(21)19(15)16)10-14-6-7-17(20)9-14/h3-7,13-14,17H,8-12H2,1-2H3. The number of carbonyl (C=O) groups is 1. The average Bonchev–Trinajstić information content (AvgIpc) is 2.98. The first-order chi connectivity index (χ1) is 10.1. The zero-order valence-electron chi connectivity index (χ0n) is 13.1. The van der Waals surface area contributed by atoms with E-state index >= 15 is 0 Å². The molecule has 0 radical (unpaired) electrons. The first-order valence-electron chi connectivity index (χ1n) is 8.40. The topological polar surface area (TPSA) is 17.1 Å². The summed E-state index contributed by atoms with van der Waals surface area (Å²) < 4.78 is 0. The highest BCUT2D eigenvalue weighted by Crippen LogP contribution is 2.57. The molecule has 1 saturated carbocycles. The molecular formula is C20H24O. The summed E-state index contributed by atoms with van der Waals surface area (Å²) in [6.07, 6.45) is 10.2. The molecule has 0 amide bonds. The van der Waals surface area contributed by atoms with E-state index in [1.807, 2.05) is 0 Å². The number of hydrogen-bond donors (Lipinski definition) is 0. The molecule has 110 valence electrons. The summed E-state index contributed by atoms with van der Waals surface area (Å²) in [5, 5.41) is 0. The minimum atomic E-state index is 0.250. The molecule has 2 bridgehead atoms. The van der Waals surface area contributed by atoms with Crippen molar-refractivity contribution in [1.82, 2.24) is 0 Å². The molecule has 0 N–H and O–H groups in total. The van der Waals surface area contributed by atoms with Gasteiger partial charge in [-0.3, -0.25) is 4.79 Å². The summed E-state index contributed by atoms with van der Waals surface area (Å²) >= 11 is 0. The van der Waals surface area contributed by atoms with Crippen LogP contribution in [0.15, 0.2) is 30.4 Å². The Kier molecular flexibility index (Phi) is 2.89. The molecule has 0 heterocycles. The minimum absolute atomic E-state index is 0.250. The van der Waals surface area contributed by atoms with Crippen LogP contribution in [0, 0.1) is 23.2 Å². The van der Waals surface area contributed by atoms with Crippen LogP contribution in [-0.4, -0.2) is 5.78 Å². The Bertz CT molecular complexity index is 625. The number of Topliss-reactive ketones (excluding diaryl/α,β-unsaturated/α-hetero) is 1. The summed E-state index contributed by atoms with van der Waals surface area (Å²) in [6, 6.07) is 6.52. The number of benzene rings is 1. The second-order valence-electron chi connectivity index (χ2n) is 7.88. The second kappa shape index (κ2) is 4.56. The maximum Gasteiger partial charge on any atom is 0.164 e. The molecule has 1 nitrogen and oxygen atoms in total. The number of allylic oxidation sites excluding steroid dienone is 2. The van der Waals surface area contributed by atoms with Gasteiger partial charge in [0.2, 0.25) is 0 Å². The fourth-order valence-corrected chi connectivity index (χ4v) is 5.08. The highest BCUT2D eigenvalue weighted by atomic mass is 16.1. The first kappa shape index (κ1) is 13.3. The van der Waals surface area contributed by atoms with Gasteiger partial charge in [-0.05, 0) is 60.0 Å². The molecule has 3 aliphatic rings. The van der Waals surface area contributed by atoms with Crippen LogP contribution in [0.5, 0.6) is 0 Å². The Hall–Kier alpha value is -1.37. The van der Waals surface area contributed by atoms with Crippen molar-refractivity contribution >= 4 is 5.78 Å². The normalized spacial score (nSPS) is 33.2. The zero-order chi connectivity index (χ0) is 14.6. The highest BCUT2D eigenvalue weighted by Gasteiger charge is 2.51. The Morgan fingerprint density at radius 2 is 2.10 bits per heavy atom. The van der Waals surface area contributed by atoms with Crippen molar-refractivity contribution in [3.05, 3.63) is 47.0 Å². The maximum atomic E-state index is 12.9. The van der Waals surface area contributed by atoms with Crippen molar-refractivity contribution in [3.8, 4) is 0 Å². The summed E-state index contributed by atoms with van der Waals surface area (Å²) in [4.78, 5) is 12.9. The smallest absolute Gasteiger partial charge is 0.164 e. The van der Waals surface area contributed by atoms with E-state index in [1.54, 1.807) is 0 Å². The van der Waals surface area contributed by atoms with Gasteiger partial charge in [0, 0.05) is 12.0 Å². The first-order valence-corrected chi connectivity index (χ1v) is 8.40. The summed E-state index contributed by atoms with van der Waals surface area (Å²) in [7, 11) is 0.